The zero-order chi connectivity index (χ0) is 15.6. The number of rotatable bonds is 3. The molecule has 0 saturated heterocycles. The largest absolute Gasteiger partial charge is 0.254 e. The molecule has 3 unspecified atom stereocenters. The van der Waals surface area contributed by atoms with Gasteiger partial charge in [-0.25, -0.2) is 21.9 Å². The van der Waals surface area contributed by atoms with Gasteiger partial charge in [0.05, 0.1) is 5.25 Å². The Morgan fingerprint density at radius 2 is 1.45 bits per heavy atom. The summed E-state index contributed by atoms with van der Waals surface area (Å²) in [4.78, 5) is 0. The summed E-state index contributed by atoms with van der Waals surface area (Å²) in [7, 11) is -3.46. The van der Waals surface area contributed by atoms with Crippen LogP contribution in [0.5, 0.6) is 0 Å². The van der Waals surface area contributed by atoms with E-state index in [1.807, 2.05) is 0 Å². The summed E-state index contributed by atoms with van der Waals surface area (Å²) in [6, 6.07) is 0.0335. The molecule has 0 aromatic rings. The molecular formula is C16H25F2NO2S. The molecule has 126 valence electrons. The van der Waals surface area contributed by atoms with Crippen LogP contribution in [-0.2, 0) is 10.0 Å². The third-order valence-corrected chi connectivity index (χ3v) is 8.78. The van der Waals surface area contributed by atoms with E-state index in [1.54, 1.807) is 0 Å². The predicted molar refractivity (Wildman–Crippen MR) is 80.2 cm³/mol. The van der Waals surface area contributed by atoms with Gasteiger partial charge >= 0.3 is 0 Å². The van der Waals surface area contributed by atoms with Gasteiger partial charge in [-0.15, -0.1) is 0 Å². The number of halogens is 2. The van der Waals surface area contributed by atoms with Gasteiger partial charge in [0.15, 0.2) is 0 Å². The van der Waals surface area contributed by atoms with Crippen LogP contribution in [0.25, 0.3) is 0 Å². The van der Waals surface area contributed by atoms with Crippen molar-refractivity contribution in [3.63, 3.8) is 0 Å². The molecule has 0 heterocycles. The third-order valence-electron chi connectivity index (χ3n) is 6.90. The number of fused-ring (bicyclic) bond motifs is 1. The van der Waals surface area contributed by atoms with Crippen LogP contribution in [0.1, 0.15) is 64.2 Å². The van der Waals surface area contributed by atoms with Crippen LogP contribution in [0.3, 0.4) is 0 Å². The number of nitrogens with one attached hydrogen (secondary N) is 1. The van der Waals surface area contributed by atoms with Gasteiger partial charge in [0.2, 0.25) is 10.0 Å². The summed E-state index contributed by atoms with van der Waals surface area (Å²) in [6.07, 6.45) is 9.21. The summed E-state index contributed by atoms with van der Waals surface area (Å²) in [5.41, 5.74) is 0.150. The van der Waals surface area contributed by atoms with E-state index >= 15 is 0 Å². The standard InChI is InChI=1S/C16H25F2NO2S/c17-16(18)12-9-11(10-13(12)16)22(20,21)19-14-5-1-2-6-15(14)7-3-4-8-15/h11-14,19H,1-10H2. The molecule has 0 radical (unpaired) electrons. The molecule has 4 aliphatic carbocycles. The van der Waals surface area contributed by atoms with Gasteiger partial charge in [0.25, 0.3) is 5.92 Å². The smallest absolute Gasteiger partial charge is 0.212 e. The number of hydrogen-bond donors (Lipinski definition) is 1. The van der Waals surface area contributed by atoms with E-state index in [0.717, 1.165) is 32.1 Å². The first-order valence-electron chi connectivity index (χ1n) is 8.74. The predicted octanol–water partition coefficient (Wildman–Crippen LogP) is 3.45. The molecule has 4 fully saturated rings. The molecule has 4 rings (SSSR count). The molecule has 0 aliphatic heterocycles. The number of sulfonamides is 1. The van der Waals surface area contributed by atoms with Crippen molar-refractivity contribution >= 4 is 10.0 Å². The van der Waals surface area contributed by atoms with Crippen molar-refractivity contribution in [1.82, 2.24) is 4.72 Å². The molecule has 0 aromatic heterocycles. The Kier molecular flexibility index (Phi) is 3.40. The molecular weight excluding hydrogens is 308 g/mol. The Morgan fingerprint density at radius 1 is 0.909 bits per heavy atom. The summed E-state index contributed by atoms with van der Waals surface area (Å²) in [5, 5.41) is -0.595. The fraction of sp³-hybridized carbons (Fsp3) is 1.00. The van der Waals surface area contributed by atoms with Crippen molar-refractivity contribution < 1.29 is 17.2 Å². The average molecular weight is 333 g/mol. The Hall–Kier alpha value is -0.230. The second-order valence-corrected chi connectivity index (χ2v) is 10.0. The highest BCUT2D eigenvalue weighted by molar-refractivity contribution is 7.90. The van der Waals surface area contributed by atoms with Gasteiger partial charge in [-0.2, -0.15) is 0 Å². The van der Waals surface area contributed by atoms with Gasteiger partial charge in [-0.05, 0) is 43.9 Å². The summed E-state index contributed by atoms with van der Waals surface area (Å²) in [5.74, 6) is -3.95. The second kappa shape index (κ2) is 4.88. The maximum atomic E-state index is 13.3. The van der Waals surface area contributed by atoms with Gasteiger partial charge < -0.3 is 0 Å². The van der Waals surface area contributed by atoms with Crippen molar-refractivity contribution in [3.05, 3.63) is 0 Å². The van der Waals surface area contributed by atoms with E-state index in [0.29, 0.717) is 0 Å². The quantitative estimate of drug-likeness (QED) is 0.860. The van der Waals surface area contributed by atoms with E-state index in [-0.39, 0.29) is 24.3 Å². The fourth-order valence-electron chi connectivity index (χ4n) is 5.48. The normalized spacial score (nSPS) is 42.5. The zero-order valence-electron chi connectivity index (χ0n) is 12.9. The Morgan fingerprint density at radius 3 is 2.05 bits per heavy atom. The molecule has 4 aliphatic rings. The van der Waals surface area contributed by atoms with Gasteiger partial charge in [-0.3, -0.25) is 0 Å². The molecule has 0 bridgehead atoms. The second-order valence-electron chi connectivity index (χ2n) is 8.01. The third kappa shape index (κ3) is 2.24. The Balaban J connectivity index is 1.46. The molecule has 1 spiro atoms. The highest BCUT2D eigenvalue weighted by Crippen LogP contribution is 2.65. The fourth-order valence-corrected chi connectivity index (χ4v) is 7.36. The van der Waals surface area contributed by atoms with Gasteiger partial charge in [0, 0.05) is 17.9 Å². The van der Waals surface area contributed by atoms with Gasteiger partial charge in [0.1, 0.15) is 0 Å². The van der Waals surface area contributed by atoms with Crippen molar-refractivity contribution in [1.29, 1.82) is 0 Å². The van der Waals surface area contributed by atoms with Crippen LogP contribution < -0.4 is 4.72 Å². The van der Waals surface area contributed by atoms with E-state index < -0.39 is 33.0 Å². The minimum Gasteiger partial charge on any atom is -0.212 e. The van der Waals surface area contributed by atoms with E-state index in [2.05, 4.69) is 4.72 Å². The molecule has 6 heteroatoms. The molecule has 3 atom stereocenters. The van der Waals surface area contributed by atoms with Crippen molar-refractivity contribution in [2.45, 2.75) is 81.4 Å². The average Bonchev–Trinajstić information content (AvgIpc) is 2.91. The first kappa shape index (κ1) is 15.3. The topological polar surface area (TPSA) is 46.2 Å². The Bertz CT molecular complexity index is 542. The maximum Gasteiger partial charge on any atom is 0.254 e. The highest BCUT2D eigenvalue weighted by atomic mass is 32.2. The molecule has 4 saturated carbocycles. The number of hydrogen-bond acceptors (Lipinski definition) is 2. The first-order valence-corrected chi connectivity index (χ1v) is 10.3. The summed E-state index contributed by atoms with van der Waals surface area (Å²) in [6.45, 7) is 0. The summed E-state index contributed by atoms with van der Waals surface area (Å²) >= 11 is 0. The Labute approximate surface area is 131 Å². The van der Waals surface area contributed by atoms with E-state index in [1.165, 1.54) is 19.3 Å². The highest BCUT2D eigenvalue weighted by Gasteiger charge is 2.72. The maximum absolute atomic E-state index is 13.3. The molecule has 1 N–H and O–H groups in total. The lowest BCUT2D eigenvalue weighted by Crippen LogP contribution is -2.50. The van der Waals surface area contributed by atoms with Crippen LogP contribution in [0.4, 0.5) is 8.78 Å². The van der Waals surface area contributed by atoms with Crippen LogP contribution in [0.15, 0.2) is 0 Å². The minimum atomic E-state index is -3.46. The lowest BCUT2D eigenvalue weighted by Gasteiger charge is -2.42. The SMILES string of the molecule is O=S(=O)(NC1CCCCC12CCCC2)C1CC2C(C1)C2(F)F. The molecule has 22 heavy (non-hydrogen) atoms. The monoisotopic (exact) mass is 333 g/mol. The van der Waals surface area contributed by atoms with Crippen molar-refractivity contribution in [2.75, 3.05) is 0 Å². The van der Waals surface area contributed by atoms with Crippen LogP contribution in [0.2, 0.25) is 0 Å². The zero-order valence-corrected chi connectivity index (χ0v) is 13.7. The molecule has 3 nitrogen and oxygen atoms in total. The summed E-state index contributed by atoms with van der Waals surface area (Å²) < 4.78 is 54.9. The van der Waals surface area contributed by atoms with E-state index in [9.17, 15) is 17.2 Å². The van der Waals surface area contributed by atoms with Crippen LogP contribution in [-0.4, -0.2) is 25.6 Å². The minimum absolute atomic E-state index is 0.0335. The van der Waals surface area contributed by atoms with Crippen molar-refractivity contribution in [2.24, 2.45) is 17.3 Å². The lowest BCUT2D eigenvalue weighted by atomic mass is 9.69. The van der Waals surface area contributed by atoms with Crippen LogP contribution in [0, 0.1) is 17.3 Å². The first-order chi connectivity index (χ1) is 10.4. The molecule has 0 aromatic carbocycles. The van der Waals surface area contributed by atoms with Crippen LogP contribution >= 0.6 is 0 Å². The van der Waals surface area contributed by atoms with Crippen molar-refractivity contribution in [3.8, 4) is 0 Å². The lowest BCUT2D eigenvalue weighted by molar-refractivity contribution is 0.0731. The van der Waals surface area contributed by atoms with Gasteiger partial charge in [-0.1, -0.05) is 25.7 Å². The van der Waals surface area contributed by atoms with E-state index in [4.69, 9.17) is 0 Å². The number of alkyl halides is 2. The molecule has 0 amide bonds.